The molecule has 0 aromatic rings. The first-order chi connectivity index (χ1) is 13.8. The van der Waals surface area contributed by atoms with Crippen molar-refractivity contribution >= 4 is 17.5 Å². The van der Waals surface area contributed by atoms with Crippen LogP contribution in [0.25, 0.3) is 0 Å². The fraction of sp³-hybridized carbons (Fsp3) is 0.800. The number of hydrogen-bond donors (Lipinski definition) is 1. The summed E-state index contributed by atoms with van der Waals surface area (Å²) in [5.74, 6) is -0.470. The number of carbonyl (C=O) groups is 3. The number of esters is 1. The summed E-state index contributed by atoms with van der Waals surface area (Å²) in [5.41, 5.74) is -0.853. The molecule has 0 unspecified atom stereocenters. The highest BCUT2D eigenvalue weighted by molar-refractivity contribution is 5.93. The van der Waals surface area contributed by atoms with E-state index in [2.05, 4.69) is 26.8 Å². The van der Waals surface area contributed by atoms with Crippen LogP contribution < -0.4 is 0 Å². The van der Waals surface area contributed by atoms with E-state index in [1.54, 1.807) is 0 Å². The minimum atomic E-state index is -1.60. The van der Waals surface area contributed by atoms with Crippen LogP contribution in [0.1, 0.15) is 79.6 Å². The summed E-state index contributed by atoms with van der Waals surface area (Å²) in [6.07, 6.45) is 7.79. The summed E-state index contributed by atoms with van der Waals surface area (Å²) >= 11 is 0. The molecule has 4 rings (SSSR count). The maximum Gasteiger partial charge on any atom is 0.303 e. The smallest absolute Gasteiger partial charge is 0.303 e. The Labute approximate surface area is 179 Å². The van der Waals surface area contributed by atoms with E-state index >= 15 is 0 Å². The summed E-state index contributed by atoms with van der Waals surface area (Å²) in [4.78, 5) is 37.7. The van der Waals surface area contributed by atoms with Crippen LogP contribution in [0.2, 0.25) is 0 Å². The van der Waals surface area contributed by atoms with Crippen molar-refractivity contribution in [2.24, 2.45) is 34.0 Å². The van der Waals surface area contributed by atoms with Crippen molar-refractivity contribution in [1.29, 1.82) is 0 Å². The van der Waals surface area contributed by atoms with Gasteiger partial charge in [0.1, 0.15) is 11.4 Å². The average molecular weight is 417 g/mol. The lowest BCUT2D eigenvalue weighted by Crippen LogP contribution is -2.61. The molecule has 3 saturated carbocycles. The highest BCUT2D eigenvalue weighted by Crippen LogP contribution is 2.67. The van der Waals surface area contributed by atoms with Crippen LogP contribution >= 0.6 is 0 Å². The molecular formula is C25H36O5. The van der Waals surface area contributed by atoms with E-state index in [4.69, 9.17) is 4.74 Å². The number of allylic oxidation sites excluding steroid dienone is 2. The van der Waals surface area contributed by atoms with Gasteiger partial charge in [-0.05, 0) is 61.2 Å². The molecule has 4 aliphatic rings. The van der Waals surface area contributed by atoms with Gasteiger partial charge in [0, 0.05) is 24.7 Å². The van der Waals surface area contributed by atoms with Crippen LogP contribution in [0.4, 0.5) is 0 Å². The van der Waals surface area contributed by atoms with Crippen molar-refractivity contribution in [3.63, 3.8) is 0 Å². The second-order valence-corrected chi connectivity index (χ2v) is 11.5. The molecule has 4 aliphatic carbocycles. The van der Waals surface area contributed by atoms with Crippen molar-refractivity contribution < 1.29 is 24.2 Å². The van der Waals surface area contributed by atoms with E-state index in [0.717, 1.165) is 32.1 Å². The topological polar surface area (TPSA) is 80.7 Å². The van der Waals surface area contributed by atoms with Crippen molar-refractivity contribution in [3.8, 4) is 0 Å². The standard InChI is InChI=1S/C25H36O5/c1-15(26)30-14-20(28)25(29)9-8-18-17-7-6-16-12-22(2,3)10-11-23(16,4)21(17)19(27)13-24(18,25)5/h12,17-18,21,29H,6-11,13-14H2,1-5H3/t17-,18-,21+,23-,24-,25-/m0/s1. The van der Waals surface area contributed by atoms with Crippen LogP contribution in [0.5, 0.6) is 0 Å². The molecular weight excluding hydrogens is 380 g/mol. The number of rotatable bonds is 3. The van der Waals surface area contributed by atoms with Crippen LogP contribution in [0.3, 0.4) is 0 Å². The molecule has 6 atom stereocenters. The number of aliphatic hydroxyl groups is 1. The molecule has 0 saturated heterocycles. The van der Waals surface area contributed by atoms with Gasteiger partial charge >= 0.3 is 5.97 Å². The Morgan fingerprint density at radius 2 is 1.83 bits per heavy atom. The van der Waals surface area contributed by atoms with Gasteiger partial charge < -0.3 is 9.84 Å². The monoisotopic (exact) mass is 416 g/mol. The molecule has 30 heavy (non-hydrogen) atoms. The van der Waals surface area contributed by atoms with Crippen molar-refractivity contribution in [2.75, 3.05) is 6.61 Å². The Balaban J connectivity index is 1.66. The molecule has 0 heterocycles. The SMILES string of the molecule is CC(=O)OCC(=O)[C@@]1(O)CC[C@H]2[C@@H]3CCC4=CC(C)(C)CC[C@]4(C)[C@H]3C(=O)C[C@@]21C. The van der Waals surface area contributed by atoms with Crippen LogP contribution in [-0.4, -0.2) is 34.9 Å². The second-order valence-electron chi connectivity index (χ2n) is 11.5. The molecule has 5 heteroatoms. The van der Waals surface area contributed by atoms with Gasteiger partial charge in [0.2, 0.25) is 5.78 Å². The molecule has 5 nitrogen and oxygen atoms in total. The van der Waals surface area contributed by atoms with Crippen molar-refractivity contribution in [2.45, 2.75) is 85.2 Å². The van der Waals surface area contributed by atoms with Crippen LogP contribution in [0.15, 0.2) is 11.6 Å². The lowest BCUT2D eigenvalue weighted by atomic mass is 9.45. The molecule has 166 valence electrons. The zero-order chi connectivity index (χ0) is 22.1. The fourth-order valence-electron chi connectivity index (χ4n) is 7.61. The van der Waals surface area contributed by atoms with Gasteiger partial charge in [-0.2, -0.15) is 0 Å². The van der Waals surface area contributed by atoms with Crippen molar-refractivity contribution in [1.82, 2.24) is 0 Å². The molecule has 0 radical (unpaired) electrons. The second kappa shape index (κ2) is 6.75. The third-order valence-electron chi connectivity index (χ3n) is 9.30. The highest BCUT2D eigenvalue weighted by Gasteiger charge is 2.68. The van der Waals surface area contributed by atoms with Gasteiger partial charge in [-0.1, -0.05) is 39.3 Å². The highest BCUT2D eigenvalue weighted by atomic mass is 16.5. The lowest BCUT2D eigenvalue weighted by Gasteiger charge is -2.58. The quantitative estimate of drug-likeness (QED) is 0.555. The normalized spacial score (nSPS) is 44.4. The number of ketones is 2. The summed E-state index contributed by atoms with van der Waals surface area (Å²) in [6, 6.07) is 0. The molecule has 1 N–H and O–H groups in total. The van der Waals surface area contributed by atoms with E-state index < -0.39 is 29.4 Å². The first kappa shape index (κ1) is 21.7. The van der Waals surface area contributed by atoms with Gasteiger partial charge in [0.05, 0.1) is 0 Å². The molecule has 3 fully saturated rings. The van der Waals surface area contributed by atoms with Crippen LogP contribution in [-0.2, 0) is 19.1 Å². The predicted octanol–water partition coefficient (Wildman–Crippen LogP) is 4.02. The first-order valence-electron chi connectivity index (χ1n) is 11.5. The summed E-state index contributed by atoms with van der Waals surface area (Å²) in [6.45, 7) is 9.58. The van der Waals surface area contributed by atoms with Gasteiger partial charge in [0.25, 0.3) is 0 Å². The Bertz CT molecular complexity index is 825. The zero-order valence-electron chi connectivity index (χ0n) is 19.0. The number of Topliss-reactive ketones (excluding diaryl/α,β-unsaturated/α-hetero) is 2. The molecule has 0 aliphatic heterocycles. The maximum atomic E-state index is 13.6. The summed E-state index contributed by atoms with van der Waals surface area (Å²) in [7, 11) is 0. The fourth-order valence-corrected chi connectivity index (χ4v) is 7.61. The molecule has 0 aromatic carbocycles. The predicted molar refractivity (Wildman–Crippen MR) is 112 cm³/mol. The van der Waals surface area contributed by atoms with E-state index in [0.29, 0.717) is 6.42 Å². The van der Waals surface area contributed by atoms with Gasteiger partial charge in [-0.15, -0.1) is 0 Å². The molecule has 0 amide bonds. The van der Waals surface area contributed by atoms with Gasteiger partial charge in [-0.25, -0.2) is 0 Å². The Morgan fingerprint density at radius 1 is 1.13 bits per heavy atom. The Hall–Kier alpha value is -1.49. The van der Waals surface area contributed by atoms with Gasteiger partial charge in [0.15, 0.2) is 6.61 Å². The average Bonchev–Trinajstić information content (AvgIpc) is 2.91. The number of hydrogen-bond acceptors (Lipinski definition) is 5. The molecule has 0 bridgehead atoms. The third kappa shape index (κ3) is 2.95. The zero-order valence-corrected chi connectivity index (χ0v) is 19.0. The van der Waals surface area contributed by atoms with E-state index in [-0.39, 0.29) is 40.8 Å². The molecule has 0 spiro atoms. The Morgan fingerprint density at radius 3 is 2.50 bits per heavy atom. The van der Waals surface area contributed by atoms with Gasteiger partial charge in [-0.3, -0.25) is 14.4 Å². The van der Waals surface area contributed by atoms with E-state index in [1.807, 2.05) is 6.92 Å². The number of fused-ring (bicyclic) bond motifs is 5. The lowest BCUT2D eigenvalue weighted by molar-refractivity contribution is -0.173. The van der Waals surface area contributed by atoms with Crippen molar-refractivity contribution in [3.05, 3.63) is 11.6 Å². The third-order valence-corrected chi connectivity index (χ3v) is 9.30. The number of carbonyl (C=O) groups excluding carboxylic acids is 3. The number of ether oxygens (including phenoxy) is 1. The maximum absolute atomic E-state index is 13.6. The van der Waals surface area contributed by atoms with E-state index in [9.17, 15) is 19.5 Å². The first-order valence-corrected chi connectivity index (χ1v) is 11.5. The minimum absolute atomic E-state index is 0.0161. The molecule has 0 aromatic heterocycles. The Kier molecular flexibility index (Phi) is 4.89. The van der Waals surface area contributed by atoms with E-state index in [1.165, 1.54) is 12.5 Å². The summed E-state index contributed by atoms with van der Waals surface area (Å²) < 4.78 is 4.90. The summed E-state index contributed by atoms with van der Waals surface area (Å²) in [5, 5.41) is 11.5. The largest absolute Gasteiger partial charge is 0.458 e. The minimum Gasteiger partial charge on any atom is -0.458 e. The van der Waals surface area contributed by atoms with Crippen LogP contribution in [0, 0.1) is 34.0 Å².